The Morgan fingerprint density at radius 1 is 1.45 bits per heavy atom. The van der Waals surface area contributed by atoms with Crippen molar-refractivity contribution in [2.75, 3.05) is 19.4 Å². The molecule has 0 unspecified atom stereocenters. The first-order chi connectivity index (χ1) is 9.49. The first kappa shape index (κ1) is 14.8. The van der Waals surface area contributed by atoms with Gasteiger partial charge < -0.3 is 10.2 Å². The van der Waals surface area contributed by atoms with Crippen LogP contribution in [0.1, 0.15) is 20.9 Å². The van der Waals surface area contributed by atoms with Gasteiger partial charge in [0.2, 0.25) is 0 Å². The van der Waals surface area contributed by atoms with E-state index in [1.54, 1.807) is 48.5 Å². The van der Waals surface area contributed by atoms with E-state index in [1.165, 1.54) is 0 Å². The predicted octanol–water partition coefficient (Wildman–Crippen LogP) is 3.42. The van der Waals surface area contributed by atoms with Gasteiger partial charge in [0.25, 0.3) is 5.91 Å². The Balaban J connectivity index is 2.17. The Bertz CT molecular complexity index is 625. The number of amides is 1. The van der Waals surface area contributed by atoms with Crippen molar-refractivity contribution in [1.29, 1.82) is 0 Å². The van der Waals surface area contributed by atoms with Crippen LogP contribution >= 0.6 is 22.9 Å². The number of nitrogens with one attached hydrogen (secondary N) is 1. The zero-order chi connectivity index (χ0) is 14.7. The van der Waals surface area contributed by atoms with Gasteiger partial charge in [-0.3, -0.25) is 4.79 Å². The third-order valence-electron chi connectivity index (χ3n) is 2.90. The maximum absolute atomic E-state index is 11.9. The summed E-state index contributed by atoms with van der Waals surface area (Å²) in [6.45, 7) is 2.62. The molecule has 0 saturated carbocycles. The van der Waals surface area contributed by atoms with Crippen LogP contribution in [0.25, 0.3) is 0 Å². The average molecular weight is 310 g/mol. The zero-order valence-corrected chi connectivity index (χ0v) is 13.2. The monoisotopic (exact) mass is 309 g/mol. The molecule has 20 heavy (non-hydrogen) atoms. The van der Waals surface area contributed by atoms with Crippen molar-refractivity contribution in [2.24, 2.45) is 0 Å². The van der Waals surface area contributed by atoms with Crippen LogP contribution in [0.4, 0.5) is 5.69 Å². The van der Waals surface area contributed by atoms with Crippen molar-refractivity contribution in [3.05, 3.63) is 44.9 Å². The smallest absolute Gasteiger partial charge is 0.253 e. The molecule has 0 aliphatic carbocycles. The van der Waals surface area contributed by atoms with Crippen LogP contribution in [0.15, 0.2) is 23.7 Å². The Morgan fingerprint density at radius 2 is 2.20 bits per heavy atom. The number of benzene rings is 1. The lowest BCUT2D eigenvalue weighted by molar-refractivity contribution is 0.0827. The van der Waals surface area contributed by atoms with Crippen molar-refractivity contribution in [1.82, 2.24) is 9.88 Å². The van der Waals surface area contributed by atoms with Gasteiger partial charge in [-0.1, -0.05) is 11.6 Å². The highest BCUT2D eigenvalue weighted by Crippen LogP contribution is 2.25. The highest BCUT2D eigenvalue weighted by molar-refractivity contribution is 7.09. The van der Waals surface area contributed by atoms with E-state index in [-0.39, 0.29) is 5.91 Å². The van der Waals surface area contributed by atoms with Crippen LogP contribution in [0.2, 0.25) is 5.02 Å². The normalized spacial score (nSPS) is 10.4. The number of aromatic nitrogens is 1. The summed E-state index contributed by atoms with van der Waals surface area (Å²) in [6.07, 6.45) is 0. The molecule has 0 aliphatic rings. The highest BCUT2D eigenvalue weighted by atomic mass is 35.5. The number of anilines is 1. The van der Waals surface area contributed by atoms with Gasteiger partial charge in [-0.25, -0.2) is 4.98 Å². The Hall–Kier alpha value is -1.59. The van der Waals surface area contributed by atoms with Crippen molar-refractivity contribution in [2.45, 2.75) is 13.5 Å². The Labute approximate surface area is 127 Å². The van der Waals surface area contributed by atoms with Gasteiger partial charge in [-0.15, -0.1) is 11.3 Å². The van der Waals surface area contributed by atoms with Gasteiger partial charge >= 0.3 is 0 Å². The number of rotatable bonds is 4. The molecule has 6 heteroatoms. The van der Waals surface area contributed by atoms with E-state index >= 15 is 0 Å². The minimum absolute atomic E-state index is 0.0429. The number of halogens is 1. The second-order valence-electron chi connectivity index (χ2n) is 4.61. The summed E-state index contributed by atoms with van der Waals surface area (Å²) >= 11 is 7.76. The van der Waals surface area contributed by atoms with E-state index in [2.05, 4.69) is 10.3 Å². The first-order valence-corrected chi connectivity index (χ1v) is 7.39. The molecule has 0 bridgehead atoms. The zero-order valence-electron chi connectivity index (χ0n) is 11.6. The molecule has 0 spiro atoms. The Morgan fingerprint density at radius 3 is 2.80 bits per heavy atom. The molecule has 0 fully saturated rings. The van der Waals surface area contributed by atoms with E-state index < -0.39 is 0 Å². The van der Waals surface area contributed by atoms with Crippen LogP contribution in [0.5, 0.6) is 0 Å². The molecule has 1 aromatic carbocycles. The molecule has 0 atom stereocenters. The lowest BCUT2D eigenvalue weighted by Gasteiger charge is -2.13. The fraction of sp³-hybridized carbons (Fsp3) is 0.286. The molecule has 2 aromatic rings. The minimum atomic E-state index is -0.0429. The fourth-order valence-corrected chi connectivity index (χ4v) is 2.62. The molecule has 0 aliphatic heterocycles. The standard InChI is InChI=1S/C14H16ClN3OS/c1-9-13(20-8-17-9)7-16-12-6-10(4-5-11(12)15)14(19)18(2)3/h4-6,8,16H,7H2,1-3H3. The lowest BCUT2D eigenvalue weighted by atomic mass is 10.1. The maximum atomic E-state index is 11.9. The molecule has 4 nitrogen and oxygen atoms in total. The number of carbonyl (C=O) groups excluding carboxylic acids is 1. The van der Waals surface area contributed by atoms with Gasteiger partial charge in [0.1, 0.15) is 0 Å². The largest absolute Gasteiger partial charge is 0.379 e. The SMILES string of the molecule is Cc1ncsc1CNc1cc(C(=O)N(C)C)ccc1Cl. The Kier molecular flexibility index (Phi) is 4.62. The van der Waals surface area contributed by atoms with Gasteiger partial charge in [0.15, 0.2) is 0 Å². The van der Waals surface area contributed by atoms with Gasteiger partial charge in [-0.05, 0) is 25.1 Å². The summed E-state index contributed by atoms with van der Waals surface area (Å²) in [4.78, 5) is 18.8. The van der Waals surface area contributed by atoms with Crippen LogP contribution in [-0.2, 0) is 6.54 Å². The second kappa shape index (κ2) is 6.24. The van der Waals surface area contributed by atoms with Gasteiger partial charge in [0, 0.05) is 24.5 Å². The van der Waals surface area contributed by atoms with Crippen LogP contribution in [0, 0.1) is 6.92 Å². The third kappa shape index (κ3) is 3.29. The van der Waals surface area contributed by atoms with Crippen LogP contribution in [0.3, 0.4) is 0 Å². The second-order valence-corrected chi connectivity index (χ2v) is 5.96. The quantitative estimate of drug-likeness (QED) is 0.941. The molecular weight excluding hydrogens is 294 g/mol. The number of nitrogens with zero attached hydrogens (tertiary/aromatic N) is 2. The topological polar surface area (TPSA) is 45.2 Å². The van der Waals surface area contributed by atoms with E-state index in [1.807, 2.05) is 12.4 Å². The van der Waals surface area contributed by atoms with Gasteiger partial charge in [-0.2, -0.15) is 0 Å². The molecular formula is C14H16ClN3OS. The minimum Gasteiger partial charge on any atom is -0.379 e. The molecule has 1 amide bonds. The van der Waals surface area contributed by atoms with Crippen molar-refractivity contribution in [3.63, 3.8) is 0 Å². The molecule has 1 aromatic heterocycles. The molecule has 0 radical (unpaired) electrons. The van der Waals surface area contributed by atoms with E-state index in [4.69, 9.17) is 11.6 Å². The number of aryl methyl sites for hydroxylation is 1. The maximum Gasteiger partial charge on any atom is 0.253 e. The molecule has 2 rings (SSSR count). The summed E-state index contributed by atoms with van der Waals surface area (Å²) in [6, 6.07) is 5.25. The predicted molar refractivity (Wildman–Crippen MR) is 83.6 cm³/mol. The first-order valence-electron chi connectivity index (χ1n) is 6.13. The molecule has 0 saturated heterocycles. The van der Waals surface area contributed by atoms with Crippen molar-refractivity contribution in [3.8, 4) is 0 Å². The number of hydrogen-bond donors (Lipinski definition) is 1. The molecule has 1 N–H and O–H groups in total. The molecule has 106 valence electrons. The van der Waals surface area contributed by atoms with E-state index in [0.717, 1.165) is 16.3 Å². The highest BCUT2D eigenvalue weighted by Gasteiger charge is 2.11. The van der Waals surface area contributed by atoms with E-state index in [9.17, 15) is 4.79 Å². The van der Waals surface area contributed by atoms with Crippen LogP contribution < -0.4 is 5.32 Å². The summed E-state index contributed by atoms with van der Waals surface area (Å²) in [5, 5.41) is 3.86. The van der Waals surface area contributed by atoms with E-state index in [0.29, 0.717) is 17.1 Å². The molecule has 1 heterocycles. The average Bonchev–Trinajstić information content (AvgIpc) is 2.82. The summed E-state index contributed by atoms with van der Waals surface area (Å²) in [7, 11) is 3.45. The van der Waals surface area contributed by atoms with Crippen molar-refractivity contribution < 1.29 is 4.79 Å². The number of hydrogen-bond acceptors (Lipinski definition) is 4. The summed E-state index contributed by atoms with van der Waals surface area (Å²) in [5.41, 5.74) is 4.20. The lowest BCUT2D eigenvalue weighted by Crippen LogP contribution is -2.21. The number of carbonyl (C=O) groups is 1. The number of thiazole rings is 1. The summed E-state index contributed by atoms with van der Waals surface area (Å²) in [5.74, 6) is -0.0429. The third-order valence-corrected chi connectivity index (χ3v) is 4.17. The van der Waals surface area contributed by atoms with Crippen LogP contribution in [-0.4, -0.2) is 29.9 Å². The van der Waals surface area contributed by atoms with Crippen molar-refractivity contribution >= 4 is 34.5 Å². The van der Waals surface area contributed by atoms with Gasteiger partial charge in [0.05, 0.1) is 28.5 Å². The summed E-state index contributed by atoms with van der Waals surface area (Å²) < 4.78 is 0. The fourth-order valence-electron chi connectivity index (χ4n) is 1.72.